The molecule has 11 nitrogen and oxygen atoms in total. The highest BCUT2D eigenvalue weighted by Crippen LogP contribution is 2.72. The number of quaternary nitrogens is 1. The molecule has 6 fully saturated rings. The molecule has 1 spiro atoms. The molecule has 2 saturated heterocycles. The summed E-state index contributed by atoms with van der Waals surface area (Å²) in [5.41, 5.74) is 1.90. The lowest BCUT2D eigenvalue weighted by molar-refractivity contribution is -0.703. The third-order valence-electron chi connectivity index (χ3n) is 15.8. The molecule has 11 heteroatoms. The number of rotatable bonds is 6. The van der Waals surface area contributed by atoms with Gasteiger partial charge in [-0.05, 0) is 99.7 Å². The van der Waals surface area contributed by atoms with Crippen molar-refractivity contribution in [2.75, 3.05) is 19.7 Å². The number of nitrogens with zero attached hydrogens (tertiary/aromatic N) is 1. The van der Waals surface area contributed by atoms with Crippen LogP contribution in [0.15, 0.2) is 17.1 Å². The van der Waals surface area contributed by atoms with Gasteiger partial charge < -0.3 is 40.7 Å². The Morgan fingerprint density at radius 2 is 1.82 bits per heavy atom. The van der Waals surface area contributed by atoms with Crippen molar-refractivity contribution in [3.63, 3.8) is 0 Å². The maximum atomic E-state index is 15.0. The van der Waals surface area contributed by atoms with Gasteiger partial charge in [0.25, 0.3) is 0 Å². The molecule has 50 heavy (non-hydrogen) atoms. The minimum Gasteiger partial charge on any atom is -0.391 e. The predicted octanol–water partition coefficient (Wildman–Crippen LogP) is 0.526. The molecule has 5 aliphatic carbocycles. The van der Waals surface area contributed by atoms with Crippen LogP contribution in [-0.4, -0.2) is 110 Å². The Hall–Kier alpha value is -1.28. The van der Waals surface area contributed by atoms with Gasteiger partial charge in [0.15, 0.2) is 5.78 Å². The normalized spacial score (nSPS) is 53.6. The highest BCUT2D eigenvalue weighted by molar-refractivity contribution is 6.42. The van der Waals surface area contributed by atoms with Gasteiger partial charge in [-0.25, -0.2) is 0 Å². The highest BCUT2D eigenvalue weighted by Gasteiger charge is 2.76. The molecule has 2 aliphatic heterocycles. The Bertz CT molecular complexity index is 1360. The molecule has 0 radical (unpaired) electrons. The van der Waals surface area contributed by atoms with E-state index in [1.807, 2.05) is 13.8 Å². The lowest BCUT2D eigenvalue weighted by Crippen LogP contribution is -2.95. The molecule has 10 N–H and O–H groups in total. The van der Waals surface area contributed by atoms with Crippen molar-refractivity contribution < 1.29 is 45.5 Å². The number of fused-ring (bicyclic) bond motifs is 2. The smallest absolute Gasteiger partial charge is 0.180 e. The number of hydrogen-bond acceptors (Lipinski definition) is 10. The van der Waals surface area contributed by atoms with Crippen molar-refractivity contribution in [1.29, 1.82) is 0 Å². The predicted molar refractivity (Wildman–Crippen MR) is 186 cm³/mol. The first-order chi connectivity index (χ1) is 23.5. The van der Waals surface area contributed by atoms with Crippen molar-refractivity contribution in [2.24, 2.45) is 74.8 Å². The zero-order chi connectivity index (χ0) is 36.1. The summed E-state index contributed by atoms with van der Waals surface area (Å²) in [5.74, 6) is -1.59. The first-order valence-corrected chi connectivity index (χ1v) is 19.6. The number of ketones is 1. The van der Waals surface area contributed by atoms with E-state index >= 15 is 4.79 Å². The van der Waals surface area contributed by atoms with Crippen molar-refractivity contribution in [2.45, 2.75) is 134 Å². The topological polar surface area (TPSA) is 203 Å². The fourth-order valence-electron chi connectivity index (χ4n) is 13.0. The number of aliphatic imine (C=N–C) groups is 1. The Balaban J connectivity index is 1.36. The average molecular weight is 703 g/mol. The summed E-state index contributed by atoms with van der Waals surface area (Å²) < 4.78 is 6.06. The summed E-state index contributed by atoms with van der Waals surface area (Å²) >= 11 is 0. The first-order valence-electron chi connectivity index (χ1n) is 19.6. The minimum absolute atomic E-state index is 0.0121. The van der Waals surface area contributed by atoms with Crippen LogP contribution in [0.5, 0.6) is 0 Å². The van der Waals surface area contributed by atoms with E-state index in [2.05, 4.69) is 24.4 Å². The van der Waals surface area contributed by atoms with Gasteiger partial charge in [0.05, 0.1) is 54.4 Å². The Labute approximate surface area is 297 Å². The summed E-state index contributed by atoms with van der Waals surface area (Å²) in [5, 5.41) is 72.8. The number of aliphatic hydroxyl groups is 6. The van der Waals surface area contributed by atoms with Gasteiger partial charge >= 0.3 is 0 Å². The minimum atomic E-state index is -1.59. The molecule has 7 rings (SSSR count). The van der Waals surface area contributed by atoms with Gasteiger partial charge in [-0.1, -0.05) is 32.9 Å². The van der Waals surface area contributed by atoms with E-state index in [4.69, 9.17) is 15.5 Å². The summed E-state index contributed by atoms with van der Waals surface area (Å²) in [7, 11) is 0. The van der Waals surface area contributed by atoms with Crippen LogP contribution in [0.2, 0.25) is 0 Å². The monoisotopic (exact) mass is 702 g/mol. The van der Waals surface area contributed by atoms with Crippen molar-refractivity contribution >= 4 is 11.5 Å². The van der Waals surface area contributed by atoms with Crippen LogP contribution in [0.3, 0.4) is 0 Å². The molecule has 0 amide bonds. The van der Waals surface area contributed by atoms with Gasteiger partial charge in [0.1, 0.15) is 12.3 Å². The number of Topliss-reactive ketones (excluding diaryl/α,β-unsaturated/α-hetero) is 1. The van der Waals surface area contributed by atoms with E-state index in [1.165, 1.54) is 0 Å². The maximum Gasteiger partial charge on any atom is 0.180 e. The molecule has 0 aromatic rings. The second kappa shape index (κ2) is 12.9. The quantitative estimate of drug-likeness (QED) is 0.182. The van der Waals surface area contributed by atoms with Crippen LogP contribution in [0, 0.1) is 64.1 Å². The van der Waals surface area contributed by atoms with E-state index in [0.29, 0.717) is 38.2 Å². The standard InChI is InChI=1S/C39H63N3O8/c1-19-18-50-34(21(19)3)35(47)37(5,48)28-10-11-39(49)31-30-23(13-36(28,39)4)7-6-22(24-8-9-29(40)41-17-24)14-38(30)15-27(45)26(44)12-25(38)33(46)32(31)42-16-20(2)43/h6-7,19-31,34-35,41,43-45,47-49H,8-18,40H2,1-5H3/p+1/t19-,20-,21-,22-,23-,24?,25-,26+,27-,28+,29?,30-,31+,34+,35+,36+,37+,38-,39-/m0/s1. The van der Waals surface area contributed by atoms with Crippen molar-refractivity contribution in [3.05, 3.63) is 12.2 Å². The molecule has 282 valence electrons. The number of allylic oxidation sites excluding steroid dienone is 2. The molecule has 4 saturated carbocycles. The van der Waals surface area contributed by atoms with E-state index < -0.39 is 70.3 Å². The van der Waals surface area contributed by atoms with Crippen molar-refractivity contribution in [1.82, 2.24) is 0 Å². The molecule has 0 aromatic heterocycles. The van der Waals surface area contributed by atoms with Crippen LogP contribution in [0.4, 0.5) is 0 Å². The number of ether oxygens (including phenoxy) is 1. The fraction of sp³-hybridized carbons (Fsp3) is 0.897. The zero-order valence-electron chi connectivity index (χ0n) is 30.7. The van der Waals surface area contributed by atoms with Crippen LogP contribution in [-0.2, 0) is 9.53 Å². The molecule has 2 unspecified atom stereocenters. The second-order valence-electron chi connectivity index (χ2n) is 18.6. The molecular weight excluding hydrogens is 638 g/mol. The van der Waals surface area contributed by atoms with Gasteiger partial charge in [-0.2, -0.15) is 0 Å². The van der Waals surface area contributed by atoms with E-state index in [9.17, 15) is 30.6 Å². The lowest BCUT2D eigenvalue weighted by Gasteiger charge is -2.66. The van der Waals surface area contributed by atoms with Crippen LogP contribution in [0.25, 0.3) is 0 Å². The van der Waals surface area contributed by atoms with Gasteiger partial charge in [-0.15, -0.1) is 0 Å². The number of hydrogen-bond donors (Lipinski definition) is 8. The average Bonchev–Trinajstić information content (AvgIpc) is 3.48. The maximum absolute atomic E-state index is 15.0. The largest absolute Gasteiger partial charge is 0.391 e. The third kappa shape index (κ3) is 5.46. The summed E-state index contributed by atoms with van der Waals surface area (Å²) in [6, 6.07) is 0. The number of piperidine rings is 1. The van der Waals surface area contributed by atoms with E-state index in [-0.39, 0.29) is 66.6 Å². The lowest BCUT2D eigenvalue weighted by atomic mass is 9.38. The summed E-state index contributed by atoms with van der Waals surface area (Å²) in [6.45, 7) is 10.9. The highest BCUT2D eigenvalue weighted by atomic mass is 16.5. The number of carbonyl (C=O) groups is 1. The van der Waals surface area contributed by atoms with Gasteiger partial charge in [0.2, 0.25) is 0 Å². The molecule has 2 heterocycles. The third-order valence-corrected chi connectivity index (χ3v) is 15.8. The Morgan fingerprint density at radius 1 is 1.10 bits per heavy atom. The number of nitrogens with two attached hydrogens (primary N) is 2. The molecule has 19 atom stereocenters. The van der Waals surface area contributed by atoms with Gasteiger partial charge in [0, 0.05) is 36.2 Å². The van der Waals surface area contributed by atoms with Crippen LogP contribution < -0.4 is 11.1 Å². The Morgan fingerprint density at radius 3 is 2.46 bits per heavy atom. The van der Waals surface area contributed by atoms with E-state index in [1.54, 1.807) is 13.8 Å². The van der Waals surface area contributed by atoms with Gasteiger partial charge in [-0.3, -0.25) is 15.5 Å². The molecular formula is C39H64N3O8+. The number of carbonyl (C=O) groups excluding carboxylic acids is 1. The first kappa shape index (κ1) is 37.1. The van der Waals surface area contributed by atoms with Crippen LogP contribution >= 0.6 is 0 Å². The zero-order valence-corrected chi connectivity index (χ0v) is 30.7. The summed E-state index contributed by atoms with van der Waals surface area (Å²) in [4.78, 5) is 19.8. The molecule has 0 aromatic carbocycles. The molecule has 7 aliphatic rings. The number of aliphatic hydroxyl groups excluding tert-OH is 4. The molecule has 0 bridgehead atoms. The van der Waals surface area contributed by atoms with Crippen molar-refractivity contribution in [3.8, 4) is 0 Å². The van der Waals surface area contributed by atoms with Crippen LogP contribution in [0.1, 0.15) is 86.0 Å². The fourth-order valence-corrected chi connectivity index (χ4v) is 13.0. The second-order valence-corrected chi connectivity index (χ2v) is 18.6. The summed E-state index contributed by atoms with van der Waals surface area (Å²) in [6.07, 6.45) is 4.41. The SMILES string of the molecule is C[C@@H]1[C@H]([C@@H](O)[C@](C)(O)[C@@H]2CC[C@]3(O)[C@H]4C(=NC[C@H](C)O)C(=O)[C@@H]5C[C@@H](O)[C@@H](O)C[C@@]56C[C@@H](C5CCC(N)[NH2+]C5)C=C[C@@H](C[C@]23C)[C@@H]46)OC[C@@H]1C. The van der Waals surface area contributed by atoms with E-state index in [0.717, 1.165) is 19.4 Å². The Kier molecular flexibility index (Phi) is 9.59.